The van der Waals surface area contributed by atoms with E-state index in [0.717, 1.165) is 27.7 Å². The summed E-state index contributed by atoms with van der Waals surface area (Å²) < 4.78 is 6.48. The Morgan fingerprint density at radius 1 is 1.42 bits per heavy atom. The van der Waals surface area contributed by atoms with Gasteiger partial charge in [0.25, 0.3) is 0 Å². The van der Waals surface area contributed by atoms with Crippen molar-refractivity contribution >= 4 is 44.3 Å². The molecule has 4 nitrogen and oxygen atoms in total. The predicted molar refractivity (Wildman–Crippen MR) is 79.9 cm³/mol. The van der Waals surface area contributed by atoms with Gasteiger partial charge in [-0.3, -0.25) is 0 Å². The Kier molecular flexibility index (Phi) is 3.60. The molecule has 1 aromatic heterocycles. The van der Waals surface area contributed by atoms with E-state index in [1.165, 1.54) is 0 Å². The second-order valence-corrected chi connectivity index (χ2v) is 5.85. The third-order valence-electron chi connectivity index (χ3n) is 3.25. The first-order chi connectivity index (χ1) is 9.15. The minimum atomic E-state index is 0.280. The Morgan fingerprint density at radius 2 is 2.26 bits per heavy atom. The molecule has 1 fully saturated rings. The van der Waals surface area contributed by atoms with Crippen LogP contribution in [0.1, 0.15) is 6.92 Å². The number of aromatic nitrogens is 2. The molecule has 2 heterocycles. The third-order valence-corrected chi connectivity index (χ3v) is 3.91. The van der Waals surface area contributed by atoms with Crippen LogP contribution in [0, 0.1) is 0 Å². The highest BCUT2D eigenvalue weighted by Crippen LogP contribution is 2.30. The van der Waals surface area contributed by atoms with Crippen molar-refractivity contribution in [3.8, 4) is 0 Å². The molecule has 19 heavy (non-hydrogen) atoms. The fraction of sp³-hybridized carbons (Fsp3) is 0.385. The van der Waals surface area contributed by atoms with Crippen LogP contribution in [0.15, 0.2) is 22.7 Å². The lowest BCUT2D eigenvalue weighted by molar-refractivity contribution is 0.0987. The molecule has 1 atom stereocenters. The summed E-state index contributed by atoms with van der Waals surface area (Å²) in [6.45, 7) is 4.35. The Balaban J connectivity index is 2.18. The molecule has 3 rings (SSSR count). The van der Waals surface area contributed by atoms with E-state index < -0.39 is 0 Å². The van der Waals surface area contributed by atoms with Gasteiger partial charge >= 0.3 is 0 Å². The van der Waals surface area contributed by atoms with Gasteiger partial charge in [-0.1, -0.05) is 15.9 Å². The zero-order chi connectivity index (χ0) is 13.4. The molecule has 0 bridgehead atoms. The Hall–Kier alpha value is -0.910. The summed E-state index contributed by atoms with van der Waals surface area (Å²) in [5.74, 6) is 0.882. The molecule has 1 saturated heterocycles. The summed E-state index contributed by atoms with van der Waals surface area (Å²) in [4.78, 5) is 10.9. The number of hydrogen-bond donors (Lipinski definition) is 0. The van der Waals surface area contributed by atoms with Crippen LogP contribution in [0.5, 0.6) is 0 Å². The van der Waals surface area contributed by atoms with E-state index in [4.69, 9.17) is 16.3 Å². The van der Waals surface area contributed by atoms with E-state index in [2.05, 4.69) is 37.7 Å². The standard InChI is InChI=1S/C13H13BrClN3O/c1-8-7-19-5-4-18(8)12-10-6-9(14)2-3-11(10)16-13(15)17-12/h2-3,6,8H,4-5,7H2,1H3. The quantitative estimate of drug-likeness (QED) is 0.746. The van der Waals surface area contributed by atoms with E-state index >= 15 is 0 Å². The maximum absolute atomic E-state index is 6.04. The SMILES string of the molecule is CC1COCCN1c1nc(Cl)nc2ccc(Br)cc12. The van der Waals surface area contributed by atoms with Gasteiger partial charge in [-0.25, -0.2) is 4.98 Å². The molecule has 0 saturated carbocycles. The third kappa shape index (κ3) is 2.55. The zero-order valence-corrected chi connectivity index (χ0v) is 12.8. The Morgan fingerprint density at radius 3 is 3.05 bits per heavy atom. The highest BCUT2D eigenvalue weighted by Gasteiger charge is 2.23. The molecule has 1 unspecified atom stereocenters. The van der Waals surface area contributed by atoms with E-state index in [1.54, 1.807) is 0 Å². The van der Waals surface area contributed by atoms with Crippen molar-refractivity contribution in [2.24, 2.45) is 0 Å². The number of rotatable bonds is 1. The van der Waals surface area contributed by atoms with Crippen molar-refractivity contribution in [2.45, 2.75) is 13.0 Å². The number of hydrogen-bond acceptors (Lipinski definition) is 4. The average molecular weight is 343 g/mol. The van der Waals surface area contributed by atoms with Crippen molar-refractivity contribution in [1.82, 2.24) is 9.97 Å². The van der Waals surface area contributed by atoms with Gasteiger partial charge in [0.05, 0.1) is 24.8 Å². The molecule has 0 aliphatic carbocycles. The van der Waals surface area contributed by atoms with Crippen LogP contribution in [-0.4, -0.2) is 35.8 Å². The molecule has 0 amide bonds. The first-order valence-electron chi connectivity index (χ1n) is 6.12. The van der Waals surface area contributed by atoms with Crippen LogP contribution in [0.2, 0.25) is 5.28 Å². The molecular formula is C13H13BrClN3O. The van der Waals surface area contributed by atoms with E-state index in [-0.39, 0.29) is 11.3 Å². The van der Waals surface area contributed by atoms with Crippen LogP contribution in [0.4, 0.5) is 5.82 Å². The smallest absolute Gasteiger partial charge is 0.224 e. The summed E-state index contributed by atoms with van der Waals surface area (Å²) in [7, 11) is 0. The van der Waals surface area contributed by atoms with Gasteiger partial charge in [-0.2, -0.15) is 4.98 Å². The Labute approximate surface area is 124 Å². The number of halogens is 2. The van der Waals surface area contributed by atoms with Gasteiger partial charge in [-0.05, 0) is 36.7 Å². The van der Waals surface area contributed by atoms with Gasteiger partial charge in [0.2, 0.25) is 5.28 Å². The molecule has 100 valence electrons. The normalized spacial score (nSPS) is 19.9. The van der Waals surface area contributed by atoms with Gasteiger partial charge in [0, 0.05) is 16.4 Å². The molecule has 1 aromatic carbocycles. The first kappa shape index (κ1) is 13.1. The molecule has 0 spiro atoms. The van der Waals surface area contributed by atoms with Crippen LogP contribution >= 0.6 is 27.5 Å². The van der Waals surface area contributed by atoms with E-state index in [1.807, 2.05) is 18.2 Å². The molecule has 1 aliphatic rings. The number of anilines is 1. The average Bonchev–Trinajstić information content (AvgIpc) is 2.39. The maximum Gasteiger partial charge on any atom is 0.224 e. The van der Waals surface area contributed by atoms with Crippen molar-refractivity contribution in [2.75, 3.05) is 24.7 Å². The van der Waals surface area contributed by atoms with Crippen LogP contribution in [0.25, 0.3) is 10.9 Å². The number of benzene rings is 1. The fourth-order valence-corrected chi connectivity index (χ4v) is 2.85. The summed E-state index contributed by atoms with van der Waals surface area (Å²) in [6.07, 6.45) is 0. The van der Waals surface area contributed by atoms with Crippen LogP contribution in [-0.2, 0) is 4.74 Å². The summed E-state index contributed by atoms with van der Waals surface area (Å²) in [5, 5.41) is 1.29. The molecule has 1 aliphatic heterocycles. The minimum Gasteiger partial charge on any atom is -0.377 e. The fourth-order valence-electron chi connectivity index (χ4n) is 2.32. The summed E-state index contributed by atoms with van der Waals surface area (Å²) >= 11 is 9.53. The summed E-state index contributed by atoms with van der Waals surface area (Å²) in [5.41, 5.74) is 0.858. The van der Waals surface area contributed by atoms with E-state index in [0.29, 0.717) is 13.2 Å². The number of nitrogens with zero attached hydrogens (tertiary/aromatic N) is 3. The summed E-state index contributed by atoms with van der Waals surface area (Å²) in [6, 6.07) is 6.21. The molecular weight excluding hydrogens is 330 g/mol. The predicted octanol–water partition coefficient (Wildman–Crippen LogP) is 3.27. The Bertz CT molecular complexity index is 622. The highest BCUT2D eigenvalue weighted by molar-refractivity contribution is 9.10. The lowest BCUT2D eigenvalue weighted by Crippen LogP contribution is -2.44. The largest absolute Gasteiger partial charge is 0.377 e. The van der Waals surface area contributed by atoms with Gasteiger partial charge in [0.15, 0.2) is 0 Å². The number of ether oxygens (including phenoxy) is 1. The van der Waals surface area contributed by atoms with Gasteiger partial charge < -0.3 is 9.64 Å². The highest BCUT2D eigenvalue weighted by atomic mass is 79.9. The van der Waals surface area contributed by atoms with Crippen molar-refractivity contribution in [3.63, 3.8) is 0 Å². The lowest BCUT2D eigenvalue weighted by Gasteiger charge is -2.34. The topological polar surface area (TPSA) is 38.2 Å². The zero-order valence-electron chi connectivity index (χ0n) is 10.4. The van der Waals surface area contributed by atoms with Crippen molar-refractivity contribution in [1.29, 1.82) is 0 Å². The minimum absolute atomic E-state index is 0.280. The number of fused-ring (bicyclic) bond motifs is 1. The first-order valence-corrected chi connectivity index (χ1v) is 7.29. The van der Waals surface area contributed by atoms with Crippen molar-refractivity contribution < 1.29 is 4.74 Å². The van der Waals surface area contributed by atoms with Crippen LogP contribution < -0.4 is 4.90 Å². The molecule has 0 radical (unpaired) electrons. The molecule has 0 N–H and O–H groups in total. The molecule has 6 heteroatoms. The van der Waals surface area contributed by atoms with Gasteiger partial charge in [-0.15, -0.1) is 0 Å². The monoisotopic (exact) mass is 341 g/mol. The van der Waals surface area contributed by atoms with Crippen molar-refractivity contribution in [3.05, 3.63) is 28.0 Å². The maximum atomic E-state index is 6.04. The second-order valence-electron chi connectivity index (χ2n) is 4.60. The van der Waals surface area contributed by atoms with E-state index in [9.17, 15) is 0 Å². The number of morpholine rings is 1. The lowest BCUT2D eigenvalue weighted by atomic mass is 10.2. The van der Waals surface area contributed by atoms with Gasteiger partial charge in [0.1, 0.15) is 5.82 Å². The van der Waals surface area contributed by atoms with Crippen LogP contribution in [0.3, 0.4) is 0 Å². The second kappa shape index (κ2) is 5.23. The molecule has 2 aromatic rings.